The van der Waals surface area contributed by atoms with Crippen LogP contribution in [0.4, 0.5) is 0 Å². The molecule has 2 fully saturated rings. The van der Waals surface area contributed by atoms with E-state index in [4.69, 9.17) is 10.5 Å². The van der Waals surface area contributed by atoms with E-state index in [2.05, 4.69) is 32.2 Å². The van der Waals surface area contributed by atoms with Crippen LogP contribution in [-0.4, -0.2) is 51.4 Å². The maximum absolute atomic E-state index is 11.6. The molecule has 0 aromatic carbocycles. The Kier molecular flexibility index (Phi) is 6.02. The van der Waals surface area contributed by atoms with Crippen LogP contribution in [0.3, 0.4) is 0 Å². The van der Waals surface area contributed by atoms with Crippen LogP contribution in [0.25, 0.3) is 0 Å². The lowest BCUT2D eigenvalue weighted by Crippen LogP contribution is -2.59. The number of carbonyl (C=O) groups is 1. The van der Waals surface area contributed by atoms with Gasteiger partial charge in [0.05, 0.1) is 17.9 Å². The van der Waals surface area contributed by atoms with Crippen molar-refractivity contribution in [2.75, 3.05) is 20.2 Å². The maximum Gasteiger partial charge on any atom is 0.267 e. The van der Waals surface area contributed by atoms with Crippen LogP contribution in [0.1, 0.15) is 54.0 Å². The molecule has 2 unspecified atom stereocenters. The summed E-state index contributed by atoms with van der Waals surface area (Å²) in [7, 11) is 1.78. The number of likely N-dealkylation sites (tertiary alicyclic amines) is 1. The normalized spacial score (nSPS) is 28.4. The van der Waals surface area contributed by atoms with Gasteiger partial charge in [0.2, 0.25) is 0 Å². The van der Waals surface area contributed by atoms with Crippen LogP contribution in [0.5, 0.6) is 0 Å². The zero-order valence-electron chi connectivity index (χ0n) is 16.2. The second-order valence-electron chi connectivity index (χ2n) is 7.64. The van der Waals surface area contributed by atoms with Gasteiger partial charge in [-0.2, -0.15) is 15.4 Å². The van der Waals surface area contributed by atoms with E-state index in [9.17, 15) is 4.79 Å². The number of carbonyl (C=O) groups excluding carboxylic acids is 1. The van der Waals surface area contributed by atoms with Crippen molar-refractivity contribution in [3.05, 3.63) is 41.5 Å². The Hall–Kier alpha value is -2.03. The lowest BCUT2D eigenvalue weighted by molar-refractivity contribution is -0.174. The van der Waals surface area contributed by atoms with E-state index < -0.39 is 11.5 Å². The second kappa shape index (κ2) is 8.14. The van der Waals surface area contributed by atoms with Gasteiger partial charge in [-0.15, -0.1) is 12.4 Å². The molecule has 28 heavy (non-hydrogen) atoms. The summed E-state index contributed by atoms with van der Waals surface area (Å²) in [6.07, 6.45) is 6.82. The molecule has 3 N–H and O–H groups in total. The van der Waals surface area contributed by atoms with Crippen molar-refractivity contribution in [2.45, 2.75) is 37.8 Å². The second-order valence-corrected chi connectivity index (χ2v) is 7.64. The Morgan fingerprint density at radius 3 is 2.68 bits per heavy atom. The molecule has 1 aliphatic heterocycles. The number of amides is 1. The van der Waals surface area contributed by atoms with Crippen molar-refractivity contribution in [3.63, 3.8) is 0 Å². The number of nitrogens with zero attached hydrogens (tertiary/aromatic N) is 4. The van der Waals surface area contributed by atoms with E-state index in [-0.39, 0.29) is 18.4 Å². The van der Waals surface area contributed by atoms with Crippen molar-refractivity contribution < 1.29 is 9.53 Å². The number of rotatable bonds is 5. The summed E-state index contributed by atoms with van der Waals surface area (Å²) in [4.78, 5) is 18.2. The first kappa shape index (κ1) is 20.7. The highest BCUT2D eigenvalue weighted by molar-refractivity contribution is 5.90. The molecule has 1 aliphatic carbocycles. The third-order valence-electron chi connectivity index (χ3n) is 6.44. The first-order chi connectivity index (χ1) is 13.1. The number of aromatic nitrogens is 4. The number of piperidine rings is 1. The van der Waals surface area contributed by atoms with Crippen LogP contribution in [0.15, 0.2) is 24.5 Å². The zero-order valence-corrected chi connectivity index (χ0v) is 17.0. The number of nitrogens with two attached hydrogens (primary N) is 1. The minimum absolute atomic E-state index is 0. The quantitative estimate of drug-likeness (QED) is 0.786. The SMILES string of the molecule is COC1(c2ccnc(C(N)=O)c2)C2CCCC1CN([C@H](C)c1cn[nH]n1)C2.Cl. The number of aromatic amines is 1. The molecule has 2 bridgehead atoms. The molecule has 4 rings (SSSR count). The van der Waals surface area contributed by atoms with Gasteiger partial charge >= 0.3 is 0 Å². The standard InChI is InChI=1S/C19H26N6O2.ClH/c1-12(17-9-22-24-23-17)25-10-14-4-3-5-15(11-25)19(14,27-2)13-6-7-21-16(8-13)18(20)26;/h6-9,12,14-15H,3-5,10-11H2,1-2H3,(H2,20,26)(H,22,23,24);1H/t12-,14?,15?,19?;/m1./s1. The number of primary amides is 1. The molecule has 8 nitrogen and oxygen atoms in total. The molecule has 0 radical (unpaired) electrons. The first-order valence-electron chi connectivity index (χ1n) is 9.47. The van der Waals surface area contributed by atoms with Crippen molar-refractivity contribution in [2.24, 2.45) is 17.6 Å². The molecule has 152 valence electrons. The summed E-state index contributed by atoms with van der Waals surface area (Å²) in [6, 6.07) is 3.98. The van der Waals surface area contributed by atoms with Gasteiger partial charge in [0.15, 0.2) is 0 Å². The zero-order chi connectivity index (χ0) is 19.0. The largest absolute Gasteiger partial charge is 0.373 e. The third-order valence-corrected chi connectivity index (χ3v) is 6.44. The smallest absolute Gasteiger partial charge is 0.267 e. The molecule has 3 heterocycles. The molecular weight excluding hydrogens is 380 g/mol. The average molecular weight is 407 g/mol. The Labute approximate surface area is 170 Å². The predicted molar refractivity (Wildman–Crippen MR) is 106 cm³/mol. The lowest BCUT2D eigenvalue weighted by Gasteiger charge is -2.56. The average Bonchev–Trinajstić information content (AvgIpc) is 3.21. The highest BCUT2D eigenvalue weighted by atomic mass is 35.5. The molecule has 1 saturated heterocycles. The fraction of sp³-hybridized carbons (Fsp3) is 0.579. The van der Waals surface area contributed by atoms with Crippen LogP contribution in [0, 0.1) is 11.8 Å². The van der Waals surface area contributed by atoms with Gasteiger partial charge in [0.25, 0.3) is 5.91 Å². The molecular formula is C19H27ClN6O2. The monoisotopic (exact) mass is 406 g/mol. The predicted octanol–water partition coefficient (Wildman–Crippen LogP) is 2.06. The third kappa shape index (κ3) is 3.29. The minimum atomic E-state index is -0.509. The van der Waals surface area contributed by atoms with E-state index >= 15 is 0 Å². The van der Waals surface area contributed by atoms with E-state index in [0.29, 0.717) is 17.5 Å². The van der Waals surface area contributed by atoms with Gasteiger partial charge in [-0.25, -0.2) is 0 Å². The first-order valence-corrected chi connectivity index (χ1v) is 9.47. The van der Waals surface area contributed by atoms with Gasteiger partial charge in [0.1, 0.15) is 11.3 Å². The summed E-state index contributed by atoms with van der Waals surface area (Å²) >= 11 is 0. The molecule has 2 aromatic rings. The Balaban J connectivity index is 0.00000225. The van der Waals surface area contributed by atoms with Crippen LogP contribution in [0.2, 0.25) is 0 Å². The summed E-state index contributed by atoms with van der Waals surface area (Å²) in [6.45, 7) is 3.99. The topological polar surface area (TPSA) is 110 Å². The number of fused-ring (bicyclic) bond motifs is 2. The molecule has 9 heteroatoms. The van der Waals surface area contributed by atoms with Crippen molar-refractivity contribution >= 4 is 18.3 Å². The van der Waals surface area contributed by atoms with Crippen molar-refractivity contribution in [1.82, 2.24) is 25.3 Å². The van der Waals surface area contributed by atoms with Crippen LogP contribution in [-0.2, 0) is 10.3 Å². The maximum atomic E-state index is 11.6. The minimum Gasteiger partial charge on any atom is -0.373 e. The fourth-order valence-electron chi connectivity index (χ4n) is 5.11. The number of ether oxygens (including phenoxy) is 1. The molecule has 3 atom stereocenters. The van der Waals surface area contributed by atoms with E-state index in [1.165, 1.54) is 6.42 Å². The number of nitrogens with one attached hydrogen (secondary N) is 1. The number of pyridine rings is 1. The molecule has 2 aromatic heterocycles. The van der Waals surface area contributed by atoms with Crippen molar-refractivity contribution in [3.8, 4) is 0 Å². The molecule has 2 aliphatic rings. The lowest BCUT2D eigenvalue weighted by atomic mass is 9.62. The number of hydrogen-bond donors (Lipinski definition) is 2. The van der Waals surface area contributed by atoms with Gasteiger partial charge in [-0.05, 0) is 37.5 Å². The van der Waals surface area contributed by atoms with E-state index in [1.807, 2.05) is 12.1 Å². The highest BCUT2D eigenvalue weighted by Gasteiger charge is 2.54. The summed E-state index contributed by atoms with van der Waals surface area (Å²) in [5.74, 6) is 0.144. The molecule has 0 spiro atoms. The Morgan fingerprint density at radius 1 is 1.39 bits per heavy atom. The Bertz CT molecular complexity index is 801. The summed E-state index contributed by atoms with van der Waals surface area (Å²) < 4.78 is 6.24. The summed E-state index contributed by atoms with van der Waals surface area (Å²) in [5, 5.41) is 10.9. The number of hydrogen-bond acceptors (Lipinski definition) is 6. The molecule has 1 amide bonds. The van der Waals surface area contributed by atoms with Crippen molar-refractivity contribution in [1.29, 1.82) is 0 Å². The molecule has 1 saturated carbocycles. The number of H-pyrrole nitrogens is 1. The van der Waals surface area contributed by atoms with Crippen LogP contribution < -0.4 is 5.73 Å². The van der Waals surface area contributed by atoms with Gasteiger partial charge in [0, 0.05) is 38.2 Å². The number of methoxy groups -OCH3 is 1. The fourth-order valence-corrected chi connectivity index (χ4v) is 5.11. The van der Waals surface area contributed by atoms with Gasteiger partial charge in [-0.1, -0.05) is 6.42 Å². The van der Waals surface area contributed by atoms with E-state index in [1.54, 1.807) is 19.5 Å². The van der Waals surface area contributed by atoms with Gasteiger partial charge in [-0.3, -0.25) is 14.7 Å². The number of halogens is 1. The Morgan fingerprint density at radius 2 is 2.11 bits per heavy atom. The summed E-state index contributed by atoms with van der Waals surface area (Å²) in [5.41, 5.74) is 7.31. The van der Waals surface area contributed by atoms with E-state index in [0.717, 1.165) is 37.2 Å². The van der Waals surface area contributed by atoms with Gasteiger partial charge < -0.3 is 10.5 Å². The van der Waals surface area contributed by atoms with Crippen LogP contribution >= 0.6 is 12.4 Å². The highest BCUT2D eigenvalue weighted by Crippen LogP contribution is 2.52.